The van der Waals surface area contributed by atoms with Crippen LogP contribution in [0.5, 0.6) is 23.0 Å². The van der Waals surface area contributed by atoms with Crippen molar-refractivity contribution < 1.29 is 86.2 Å². The lowest BCUT2D eigenvalue weighted by Crippen LogP contribution is -2.50. The molecule has 794 valence electrons. The van der Waals surface area contributed by atoms with Crippen LogP contribution in [0.2, 0.25) is 0 Å². The number of carbonyl (C=O) groups is 13. The summed E-state index contributed by atoms with van der Waals surface area (Å²) in [5.74, 6) is 1.22. The fourth-order valence-corrected chi connectivity index (χ4v) is 17.1. The van der Waals surface area contributed by atoms with Crippen molar-refractivity contribution in [2.24, 2.45) is 41.2 Å². The molecule has 0 radical (unpaired) electrons. The molecule has 5 aliphatic rings. The van der Waals surface area contributed by atoms with Crippen LogP contribution in [0, 0.1) is 45.6 Å². The average molecular weight is 2040 g/mol. The number of fused-ring (bicyclic) bond motifs is 2. The summed E-state index contributed by atoms with van der Waals surface area (Å²) in [4.78, 5) is 166. The summed E-state index contributed by atoms with van der Waals surface area (Å²) < 4.78 is 21.3. The van der Waals surface area contributed by atoms with E-state index in [9.17, 15) is 72.4 Å². The van der Waals surface area contributed by atoms with Gasteiger partial charge in [-0.2, -0.15) is 0 Å². The number of hydrogen-bond acceptors (Lipinski definition) is 19. The van der Waals surface area contributed by atoms with Gasteiger partial charge in [0.05, 0.1) is 31.4 Å². The molecule has 5 fully saturated rings. The average Bonchev–Trinajstić information content (AvgIpc) is 1.83. The van der Waals surface area contributed by atoms with Crippen LogP contribution < -0.4 is 94.4 Å². The molecule has 35 heteroatoms. The van der Waals surface area contributed by atoms with Crippen LogP contribution in [-0.4, -0.2) is 178 Å². The Hall–Kier alpha value is -16.2. The molecule has 5 aliphatic heterocycles. The highest BCUT2D eigenvalue weighted by atomic mass is 16.6. The van der Waals surface area contributed by atoms with E-state index in [1.807, 2.05) is 250 Å². The summed E-state index contributed by atoms with van der Waals surface area (Å²) in [6.07, 6.45) is 33.6. The molecular weight excluding hydrogens is 1900 g/mol. The smallest absolute Gasteiger partial charge is 0.328 e. The van der Waals surface area contributed by atoms with E-state index in [1.54, 1.807) is 75.8 Å². The second-order valence-corrected chi connectivity index (χ2v) is 36.4. The standard InChI is InChI=1S/C22H25N3O3.C20H22N2O2.C18H25N3O4.C18H21N3O4.C18H31N3O4.C18H20N2O2/c1-2-8-17(15-16-13-14-23-21(16)26)24-22(27)25-19-11-6-7-12-20(19)28-18-9-4-3-5-10-18;1-2-5-18(13-17-10-11-21-19(17)23)22-20(24)16-9-8-14-6-3-4-7-15(14)12-16;1-4-5-13(8-12-6-7-19-17(12)22)20-18(23)21-14-9-15(24-2)11-16(10-14)25-3;1-2-3-15(12-14-10-11-19-18(14)23)20-17(22)9-6-13-4-7-16(8-5-13)21(24)25;1-5-7-14(11-13-8-9-19-16(13)22)20-18(24)21-15(10-12(3)4)17(23)25-6-2;1-2-5-16(10-11-17(19)21)20-18(22)15-9-8-13-6-3-4-7-14(13)12-15/h2-12,16-17H,13-15H2,1H3,(H,23,26)(H2,24,25,27);2-9,12,17-18H,10-11,13H2,1H3,(H,21,23)(H,22,24);4-5,9-13H,6-8H2,1-3H3,(H,19,22)(H2,20,21,23);2-9,14-15H,10-12H2,1H3,(H,19,23)(H,20,22);5,7,12-15H,6,8-11H2,1-4H3,(H,19,22)(H2,20,21,24);2-9,12,16H,10-11H2,1H3,(H2,19,21)(H,20,22)/b8-2+;5-2+;5-4+;3-2+,9-6+;7-5+;5-2+/t16-,17+;17-,18+;12-,13+;14-,15+;13-,14+,15-;16-/m000001/s1. The van der Waals surface area contributed by atoms with Crippen LogP contribution in [0.1, 0.15) is 172 Å². The van der Waals surface area contributed by atoms with E-state index < -0.39 is 23.0 Å². The second kappa shape index (κ2) is 63.9. The Bertz CT molecular complexity index is 5980. The number of urea groups is 3. The molecule has 0 aliphatic carbocycles. The first-order chi connectivity index (χ1) is 71.8. The minimum atomic E-state index is -0.680. The topological polar surface area (TPSA) is 496 Å². The number of amides is 15. The van der Waals surface area contributed by atoms with Gasteiger partial charge in [-0.05, 0) is 225 Å². The summed E-state index contributed by atoms with van der Waals surface area (Å²) in [6, 6.07) is 51.8. The molecule has 8 aromatic rings. The molecule has 5 heterocycles. The molecule has 0 unspecified atom stereocenters. The van der Waals surface area contributed by atoms with Crippen molar-refractivity contribution in [2.45, 2.75) is 188 Å². The van der Waals surface area contributed by atoms with Gasteiger partial charge in [-0.15, -0.1) is 0 Å². The summed E-state index contributed by atoms with van der Waals surface area (Å²) in [7, 11) is 3.10. The van der Waals surface area contributed by atoms with Crippen LogP contribution in [0.4, 0.5) is 31.4 Å². The number of allylic oxidation sites excluding steroid dienone is 6. The van der Waals surface area contributed by atoms with Crippen molar-refractivity contribution >= 4 is 122 Å². The predicted octanol–water partition coefficient (Wildman–Crippen LogP) is 16.1. The van der Waals surface area contributed by atoms with Crippen molar-refractivity contribution in [3.05, 3.63) is 288 Å². The minimum Gasteiger partial charge on any atom is -0.497 e. The third-order valence-electron chi connectivity index (χ3n) is 24.5. The number of primary amides is 1. The molecule has 0 spiro atoms. The molecule has 0 bridgehead atoms. The van der Waals surface area contributed by atoms with E-state index in [0.717, 1.165) is 60.2 Å². The lowest BCUT2D eigenvalue weighted by molar-refractivity contribution is -0.384. The quantitative estimate of drug-likeness (QED) is 0.00556. The Morgan fingerprint density at radius 1 is 0.430 bits per heavy atom. The Kier molecular flexibility index (Phi) is 50.6. The maximum absolute atomic E-state index is 12.6. The first-order valence-corrected chi connectivity index (χ1v) is 50.5. The molecule has 8 aromatic carbocycles. The Balaban J connectivity index is 0.000000218. The predicted molar refractivity (Wildman–Crippen MR) is 580 cm³/mol. The number of nitrogens with zero attached hydrogens (tertiary/aromatic N) is 1. The zero-order valence-corrected chi connectivity index (χ0v) is 86.6. The van der Waals surface area contributed by atoms with Gasteiger partial charge < -0.3 is 99.1 Å². The van der Waals surface area contributed by atoms with Gasteiger partial charge in [0.2, 0.25) is 41.4 Å². The summed E-state index contributed by atoms with van der Waals surface area (Å²) in [5, 5.41) is 54.8. The van der Waals surface area contributed by atoms with Gasteiger partial charge in [-0.25, -0.2) is 19.2 Å². The molecule has 0 saturated carbocycles. The number of rotatable bonds is 41. The molecule has 35 nitrogen and oxygen atoms in total. The van der Waals surface area contributed by atoms with E-state index in [0.29, 0.717) is 122 Å². The van der Waals surface area contributed by atoms with Crippen molar-refractivity contribution in [2.75, 3.05) is 64.2 Å². The van der Waals surface area contributed by atoms with Crippen LogP contribution in [0.15, 0.2) is 261 Å². The van der Waals surface area contributed by atoms with Gasteiger partial charge in [-0.1, -0.05) is 178 Å². The summed E-state index contributed by atoms with van der Waals surface area (Å²) >= 11 is 0. The number of nitrogens with two attached hydrogens (primary N) is 1. The zero-order chi connectivity index (χ0) is 108. The van der Waals surface area contributed by atoms with Crippen molar-refractivity contribution in [3.63, 3.8) is 0 Å². The highest BCUT2D eigenvalue weighted by Gasteiger charge is 2.34. The number of ether oxygens (including phenoxy) is 4. The Morgan fingerprint density at radius 2 is 0.812 bits per heavy atom. The van der Waals surface area contributed by atoms with E-state index >= 15 is 0 Å². The molecule has 0 aromatic heterocycles. The number of esters is 1. The third kappa shape index (κ3) is 42.0. The SMILES string of the molecule is C/C=C/[C@H](CCC(N)=O)NC(=O)c1ccc2ccccc2c1.C/C=C/[C@H](C[C@@H]1CCNC1=O)NC(=O)/C=C/c1ccc([N+](=O)[O-])cc1.C/C=C/[C@H](C[C@@H]1CCNC1=O)NC(=O)N[C@@H](CC(C)C)C(=O)OCC.C/C=C/[C@H](C[C@@H]1CCNC1=O)NC(=O)Nc1cc(OC)cc(OC)c1.C/C=C/[C@H](C[C@@H]1CCNC1=O)NC(=O)Nc1ccccc1Oc1ccccc1.C/C=C/[C@H](C[C@@H]1CCNC1=O)NC(=O)c1ccc2ccccc2c1. The first-order valence-electron chi connectivity index (χ1n) is 50.5. The lowest BCUT2D eigenvalue weighted by Gasteiger charge is -2.22. The Labute approximate surface area is 871 Å². The second-order valence-electron chi connectivity index (χ2n) is 36.4. The van der Waals surface area contributed by atoms with E-state index in [2.05, 4.69) is 74.4 Å². The fourth-order valence-electron chi connectivity index (χ4n) is 17.1. The van der Waals surface area contributed by atoms with E-state index in [-0.39, 0.29) is 156 Å². The maximum atomic E-state index is 12.6. The summed E-state index contributed by atoms with van der Waals surface area (Å²) in [5.41, 5.74) is 8.24. The monoisotopic (exact) mass is 2040 g/mol. The number of methoxy groups -OCH3 is 2. The third-order valence-corrected chi connectivity index (χ3v) is 24.5. The van der Waals surface area contributed by atoms with E-state index in [1.165, 1.54) is 18.2 Å². The van der Waals surface area contributed by atoms with Gasteiger partial charge in [0.15, 0.2) is 5.75 Å². The number of para-hydroxylation sites is 3. The van der Waals surface area contributed by atoms with Gasteiger partial charge >= 0.3 is 24.1 Å². The molecule has 13 rings (SSSR count). The zero-order valence-electron chi connectivity index (χ0n) is 86.6. The maximum Gasteiger partial charge on any atom is 0.328 e. The number of carbonyl (C=O) groups excluding carboxylic acids is 13. The normalized spacial score (nSPS) is 17.4. The minimum absolute atomic E-state index is 0.00425. The molecule has 5 saturated heterocycles. The molecular formula is C114H144N16O19. The Morgan fingerprint density at radius 3 is 1.21 bits per heavy atom. The number of nitro groups is 1. The number of nitrogens with one attached hydrogen (secondary N) is 14. The number of hydrogen-bond donors (Lipinski definition) is 15. The molecule has 15 amide bonds. The van der Waals surface area contributed by atoms with Crippen LogP contribution in [-0.2, 0) is 43.1 Å². The van der Waals surface area contributed by atoms with Crippen molar-refractivity contribution in [1.29, 1.82) is 0 Å². The molecule has 12 atom stereocenters. The van der Waals surface area contributed by atoms with Crippen LogP contribution >= 0.6 is 0 Å². The molecule has 16 N–H and O–H groups in total. The van der Waals surface area contributed by atoms with E-state index in [4.69, 9.17) is 24.7 Å². The fraction of sp³-hybridized carbons (Fsp3) is 0.377. The molecule has 149 heavy (non-hydrogen) atoms. The van der Waals surface area contributed by atoms with Gasteiger partial charge in [0.25, 0.3) is 17.5 Å². The number of benzene rings is 8. The first kappa shape index (κ1) is 118. The highest BCUT2D eigenvalue weighted by molar-refractivity contribution is 6.01. The largest absolute Gasteiger partial charge is 0.497 e. The van der Waals surface area contributed by atoms with Crippen LogP contribution in [0.3, 0.4) is 0 Å². The van der Waals surface area contributed by atoms with Gasteiger partial charge in [0, 0.05) is 158 Å². The van der Waals surface area contributed by atoms with Crippen LogP contribution in [0.25, 0.3) is 27.6 Å². The number of non-ortho nitro benzene ring substituents is 1. The number of anilines is 2. The summed E-state index contributed by atoms with van der Waals surface area (Å²) in [6.45, 7) is 20.7. The lowest BCUT2D eigenvalue weighted by atomic mass is 9.97. The highest BCUT2D eigenvalue weighted by Crippen LogP contribution is 2.32. The number of nitro benzene ring substituents is 1. The van der Waals surface area contributed by atoms with Crippen molar-refractivity contribution in [1.82, 2.24) is 63.8 Å². The van der Waals surface area contributed by atoms with Crippen molar-refractivity contribution in [3.8, 4) is 23.0 Å². The van der Waals surface area contributed by atoms with Gasteiger partial charge in [0.1, 0.15) is 23.3 Å². The van der Waals surface area contributed by atoms with Gasteiger partial charge in [-0.3, -0.25) is 53.3 Å².